The Kier molecular flexibility index (Phi) is 3.69. The third kappa shape index (κ3) is 2.67. The summed E-state index contributed by atoms with van der Waals surface area (Å²) in [5.41, 5.74) is 0. The zero-order chi connectivity index (χ0) is 9.84. The van der Waals surface area contributed by atoms with Gasteiger partial charge in [0, 0.05) is 20.1 Å². The Morgan fingerprint density at radius 3 is 2.85 bits per heavy atom. The van der Waals surface area contributed by atoms with E-state index in [-0.39, 0.29) is 18.6 Å². The van der Waals surface area contributed by atoms with Crippen molar-refractivity contribution < 1.29 is 9.90 Å². The Labute approximate surface area is 79.1 Å². The summed E-state index contributed by atoms with van der Waals surface area (Å²) in [6.45, 7) is 1.55. The van der Waals surface area contributed by atoms with Gasteiger partial charge in [-0.1, -0.05) is 0 Å². The largest absolute Gasteiger partial charge is 0.395 e. The van der Waals surface area contributed by atoms with Gasteiger partial charge in [0.1, 0.15) is 0 Å². The van der Waals surface area contributed by atoms with Crippen molar-refractivity contribution in [3.8, 4) is 0 Å². The molecule has 13 heavy (non-hydrogen) atoms. The first-order valence-corrected chi connectivity index (χ1v) is 4.70. The Hall–Kier alpha value is -0.610. The fraction of sp³-hybridized carbons (Fsp3) is 0.889. The normalized spacial score (nSPS) is 23.5. The summed E-state index contributed by atoms with van der Waals surface area (Å²) < 4.78 is 0. The maximum atomic E-state index is 11.4. The highest BCUT2D eigenvalue weighted by atomic mass is 16.3. The summed E-state index contributed by atoms with van der Waals surface area (Å²) in [6, 6.07) is 0.198. The van der Waals surface area contributed by atoms with Crippen molar-refractivity contribution in [1.29, 1.82) is 0 Å². The minimum absolute atomic E-state index is 0.111. The molecular formula is C9H18N2O2. The second kappa shape index (κ2) is 4.58. The second-order valence-electron chi connectivity index (χ2n) is 3.74. The van der Waals surface area contributed by atoms with E-state index < -0.39 is 0 Å². The lowest BCUT2D eigenvalue weighted by atomic mass is 10.2. The van der Waals surface area contributed by atoms with Gasteiger partial charge < -0.3 is 10.0 Å². The molecule has 0 aromatic heterocycles. The molecule has 0 saturated carbocycles. The predicted octanol–water partition coefficient (Wildman–Crippen LogP) is -0.469. The molecule has 4 nitrogen and oxygen atoms in total. The highest BCUT2D eigenvalue weighted by Gasteiger charge is 2.25. The van der Waals surface area contributed by atoms with Crippen LogP contribution in [0.15, 0.2) is 0 Å². The van der Waals surface area contributed by atoms with Crippen LogP contribution in [0.25, 0.3) is 0 Å². The molecule has 1 aliphatic rings. The lowest BCUT2D eigenvalue weighted by Crippen LogP contribution is -2.40. The SMILES string of the molecule is CN(C)C(=O)CN1CCC[C@H]1CO. The maximum Gasteiger partial charge on any atom is 0.236 e. The van der Waals surface area contributed by atoms with Crippen molar-refractivity contribution in [2.75, 3.05) is 33.8 Å². The first-order valence-electron chi connectivity index (χ1n) is 4.70. The average Bonchev–Trinajstić information content (AvgIpc) is 2.51. The molecule has 76 valence electrons. The van der Waals surface area contributed by atoms with E-state index in [0.717, 1.165) is 19.4 Å². The summed E-state index contributed by atoms with van der Waals surface area (Å²) in [7, 11) is 3.51. The second-order valence-corrected chi connectivity index (χ2v) is 3.74. The quantitative estimate of drug-likeness (QED) is 0.648. The van der Waals surface area contributed by atoms with E-state index in [4.69, 9.17) is 5.11 Å². The number of carbonyl (C=O) groups excluding carboxylic acids is 1. The number of amides is 1. The lowest BCUT2D eigenvalue weighted by Gasteiger charge is -2.23. The van der Waals surface area contributed by atoms with Crippen molar-refractivity contribution in [2.45, 2.75) is 18.9 Å². The van der Waals surface area contributed by atoms with Gasteiger partial charge in [-0.05, 0) is 19.4 Å². The van der Waals surface area contributed by atoms with E-state index in [2.05, 4.69) is 4.90 Å². The van der Waals surface area contributed by atoms with Crippen molar-refractivity contribution in [3.63, 3.8) is 0 Å². The Morgan fingerprint density at radius 1 is 1.62 bits per heavy atom. The lowest BCUT2D eigenvalue weighted by molar-refractivity contribution is -0.130. The summed E-state index contributed by atoms with van der Waals surface area (Å²) >= 11 is 0. The average molecular weight is 186 g/mol. The molecule has 0 aromatic rings. The van der Waals surface area contributed by atoms with Crippen molar-refractivity contribution >= 4 is 5.91 Å². The van der Waals surface area contributed by atoms with Crippen LogP contribution in [-0.4, -0.2) is 60.6 Å². The third-order valence-electron chi connectivity index (χ3n) is 2.55. The maximum absolute atomic E-state index is 11.4. The van der Waals surface area contributed by atoms with Crippen molar-refractivity contribution in [1.82, 2.24) is 9.80 Å². The number of hydrogen-bond donors (Lipinski definition) is 1. The molecule has 1 fully saturated rings. The first-order chi connectivity index (χ1) is 6.15. The molecule has 1 N–H and O–H groups in total. The molecular weight excluding hydrogens is 168 g/mol. The minimum atomic E-state index is 0.111. The molecule has 1 rings (SSSR count). The Morgan fingerprint density at radius 2 is 2.31 bits per heavy atom. The summed E-state index contributed by atoms with van der Waals surface area (Å²) in [4.78, 5) is 15.0. The van der Waals surface area contributed by atoms with Gasteiger partial charge in [0.15, 0.2) is 0 Å². The van der Waals surface area contributed by atoms with Gasteiger partial charge in [-0.15, -0.1) is 0 Å². The van der Waals surface area contributed by atoms with E-state index >= 15 is 0 Å². The van der Waals surface area contributed by atoms with Gasteiger partial charge in [0.25, 0.3) is 0 Å². The summed E-state index contributed by atoms with van der Waals surface area (Å²) in [5.74, 6) is 0.111. The fourth-order valence-electron chi connectivity index (χ4n) is 1.63. The summed E-state index contributed by atoms with van der Waals surface area (Å²) in [6.07, 6.45) is 2.10. The van der Waals surface area contributed by atoms with Crippen LogP contribution in [0.5, 0.6) is 0 Å². The molecule has 0 spiro atoms. The van der Waals surface area contributed by atoms with Gasteiger partial charge in [-0.3, -0.25) is 9.69 Å². The smallest absolute Gasteiger partial charge is 0.236 e. The predicted molar refractivity (Wildman–Crippen MR) is 50.4 cm³/mol. The Balaban J connectivity index is 2.39. The highest BCUT2D eigenvalue weighted by molar-refractivity contribution is 5.77. The number of hydrogen-bond acceptors (Lipinski definition) is 3. The van der Waals surface area contributed by atoms with Crippen LogP contribution in [0.3, 0.4) is 0 Å². The van der Waals surface area contributed by atoms with Crippen LogP contribution in [0.4, 0.5) is 0 Å². The molecule has 0 aromatic carbocycles. The number of aliphatic hydroxyl groups excluding tert-OH is 1. The van der Waals surface area contributed by atoms with Gasteiger partial charge in [0.05, 0.1) is 13.2 Å². The van der Waals surface area contributed by atoms with E-state index in [1.54, 1.807) is 19.0 Å². The van der Waals surface area contributed by atoms with Crippen LogP contribution in [-0.2, 0) is 4.79 Å². The summed E-state index contributed by atoms with van der Waals surface area (Å²) in [5, 5.41) is 9.02. The van der Waals surface area contributed by atoms with Crippen molar-refractivity contribution in [3.05, 3.63) is 0 Å². The monoisotopic (exact) mass is 186 g/mol. The van der Waals surface area contributed by atoms with Gasteiger partial charge >= 0.3 is 0 Å². The standard InChI is InChI=1S/C9H18N2O2/c1-10(2)9(13)6-11-5-3-4-8(11)7-12/h8,12H,3-7H2,1-2H3/t8-/m0/s1. The zero-order valence-electron chi connectivity index (χ0n) is 8.36. The topological polar surface area (TPSA) is 43.8 Å². The molecule has 1 atom stereocenters. The van der Waals surface area contributed by atoms with E-state index in [0.29, 0.717) is 6.54 Å². The van der Waals surface area contributed by atoms with Crippen molar-refractivity contribution in [2.24, 2.45) is 0 Å². The number of aliphatic hydroxyl groups is 1. The van der Waals surface area contributed by atoms with Gasteiger partial charge in [-0.25, -0.2) is 0 Å². The molecule has 1 heterocycles. The Bertz CT molecular complexity index is 182. The third-order valence-corrected chi connectivity index (χ3v) is 2.55. The number of likely N-dealkylation sites (tertiary alicyclic amines) is 1. The van der Waals surface area contributed by atoms with Gasteiger partial charge in [0.2, 0.25) is 5.91 Å². The van der Waals surface area contributed by atoms with Crippen LogP contribution in [0.1, 0.15) is 12.8 Å². The number of carbonyl (C=O) groups is 1. The number of nitrogens with zero attached hydrogens (tertiary/aromatic N) is 2. The van der Waals surface area contributed by atoms with E-state index in [9.17, 15) is 4.79 Å². The zero-order valence-corrected chi connectivity index (χ0v) is 8.36. The molecule has 1 amide bonds. The molecule has 1 aliphatic heterocycles. The van der Waals surface area contributed by atoms with Crippen LogP contribution in [0, 0.1) is 0 Å². The van der Waals surface area contributed by atoms with E-state index in [1.165, 1.54) is 0 Å². The van der Waals surface area contributed by atoms with E-state index in [1.807, 2.05) is 0 Å². The molecule has 4 heteroatoms. The fourth-order valence-corrected chi connectivity index (χ4v) is 1.63. The molecule has 1 saturated heterocycles. The first kappa shape index (κ1) is 10.5. The highest BCUT2D eigenvalue weighted by Crippen LogP contribution is 2.15. The van der Waals surface area contributed by atoms with Crippen LogP contribution in [0.2, 0.25) is 0 Å². The van der Waals surface area contributed by atoms with Crippen LogP contribution >= 0.6 is 0 Å². The number of likely N-dealkylation sites (N-methyl/N-ethyl adjacent to an activating group) is 1. The molecule has 0 aliphatic carbocycles. The van der Waals surface area contributed by atoms with Crippen LogP contribution < -0.4 is 0 Å². The minimum Gasteiger partial charge on any atom is -0.395 e. The van der Waals surface area contributed by atoms with Gasteiger partial charge in [-0.2, -0.15) is 0 Å². The number of rotatable bonds is 3. The molecule has 0 bridgehead atoms. The molecule has 0 radical (unpaired) electrons. The molecule has 0 unspecified atom stereocenters.